The number of hydrogen-bond donors (Lipinski definition) is 2. The van der Waals surface area contributed by atoms with Gasteiger partial charge in [0.15, 0.2) is 0 Å². The van der Waals surface area contributed by atoms with E-state index < -0.39 is 23.3 Å². The quantitative estimate of drug-likeness (QED) is 0.159. The maximum absolute atomic E-state index is 14.2. The first-order valence-corrected chi connectivity index (χ1v) is 15.1. The number of aromatic nitrogens is 2. The molecule has 5 rings (SSSR count). The summed E-state index contributed by atoms with van der Waals surface area (Å²) in [6.45, 7) is 5.32. The van der Waals surface area contributed by atoms with Gasteiger partial charge in [0, 0.05) is 6.42 Å². The third kappa shape index (κ3) is 8.03. The van der Waals surface area contributed by atoms with Crippen LogP contribution in [0.15, 0.2) is 126 Å². The number of hydrogen-bond acceptors (Lipinski definition) is 6. The summed E-state index contributed by atoms with van der Waals surface area (Å²) in [6.07, 6.45) is 0.362. The molecule has 0 aliphatic heterocycles. The van der Waals surface area contributed by atoms with Gasteiger partial charge in [0.1, 0.15) is 17.2 Å². The van der Waals surface area contributed by atoms with Crippen LogP contribution in [0.5, 0.6) is 0 Å². The molecule has 2 amide bonds. The standard InChI is InChI=1S/C37H38N4O4/c1-36(2,3)45-35(43)38-31(34-41-40-33(44-34)25-24-27-16-8-4-9-17-27)26-32(42)39-37(28-18-10-5-11-19-28,29-20-12-6-13-21-29)30-22-14-7-15-23-30/h4-23,31H,24-26H2,1-3H3,(H,38,43)(H,39,42)/t31-/m1/s1. The Morgan fingerprint density at radius 1 is 0.711 bits per heavy atom. The first-order valence-electron chi connectivity index (χ1n) is 15.1. The van der Waals surface area contributed by atoms with Gasteiger partial charge in [-0.05, 0) is 49.4 Å². The monoisotopic (exact) mass is 602 g/mol. The molecule has 0 saturated heterocycles. The molecule has 1 heterocycles. The van der Waals surface area contributed by atoms with Crippen molar-refractivity contribution in [3.05, 3.63) is 155 Å². The average molecular weight is 603 g/mol. The Balaban J connectivity index is 1.46. The number of nitrogens with zero attached hydrogens (tertiary/aromatic N) is 2. The van der Waals surface area contributed by atoms with Crippen LogP contribution in [0.2, 0.25) is 0 Å². The van der Waals surface area contributed by atoms with E-state index in [1.54, 1.807) is 20.8 Å². The highest BCUT2D eigenvalue weighted by molar-refractivity contribution is 5.80. The van der Waals surface area contributed by atoms with Crippen LogP contribution in [0, 0.1) is 0 Å². The number of carbonyl (C=O) groups excluding carboxylic acids is 2. The fraction of sp³-hybridized carbons (Fsp3) is 0.243. The molecule has 0 aliphatic carbocycles. The summed E-state index contributed by atoms with van der Waals surface area (Å²) in [4.78, 5) is 27.1. The summed E-state index contributed by atoms with van der Waals surface area (Å²) < 4.78 is 11.5. The Bertz CT molecular complexity index is 1570. The van der Waals surface area contributed by atoms with E-state index in [-0.39, 0.29) is 18.2 Å². The second-order valence-corrected chi connectivity index (χ2v) is 11.8. The minimum Gasteiger partial charge on any atom is -0.444 e. The SMILES string of the molecule is CC(C)(C)OC(=O)N[C@H](CC(=O)NC(c1ccccc1)(c1ccccc1)c1ccccc1)c1nnc(CCc2ccccc2)o1. The predicted octanol–water partition coefficient (Wildman–Crippen LogP) is 6.92. The second-order valence-electron chi connectivity index (χ2n) is 11.8. The minimum absolute atomic E-state index is 0.129. The van der Waals surface area contributed by atoms with Crippen LogP contribution in [0.1, 0.15) is 67.3 Å². The molecule has 8 nitrogen and oxygen atoms in total. The molecule has 2 N–H and O–H groups in total. The zero-order valence-corrected chi connectivity index (χ0v) is 25.8. The van der Waals surface area contributed by atoms with Gasteiger partial charge in [-0.1, -0.05) is 121 Å². The van der Waals surface area contributed by atoms with Crippen molar-refractivity contribution in [3.63, 3.8) is 0 Å². The number of alkyl carbamates (subject to hydrolysis) is 1. The number of aryl methyl sites for hydroxylation is 2. The lowest BCUT2D eigenvalue weighted by atomic mass is 9.77. The van der Waals surface area contributed by atoms with Gasteiger partial charge in [-0.2, -0.15) is 0 Å². The Labute approximate surface area is 263 Å². The summed E-state index contributed by atoms with van der Waals surface area (Å²) in [5.74, 6) is 0.206. The van der Waals surface area contributed by atoms with Gasteiger partial charge in [-0.3, -0.25) is 4.79 Å². The Morgan fingerprint density at radius 2 is 1.20 bits per heavy atom. The topological polar surface area (TPSA) is 106 Å². The molecule has 0 aliphatic rings. The summed E-state index contributed by atoms with van der Waals surface area (Å²) in [6, 6.07) is 38.5. The van der Waals surface area contributed by atoms with E-state index in [4.69, 9.17) is 9.15 Å². The summed E-state index contributed by atoms with van der Waals surface area (Å²) in [5.41, 5.74) is 2.03. The van der Waals surface area contributed by atoms with E-state index in [2.05, 4.69) is 20.8 Å². The molecule has 0 saturated carbocycles. The van der Waals surface area contributed by atoms with Gasteiger partial charge in [0.2, 0.25) is 17.7 Å². The van der Waals surface area contributed by atoms with Gasteiger partial charge in [0.25, 0.3) is 0 Å². The molecule has 5 aromatic rings. The number of benzene rings is 4. The van der Waals surface area contributed by atoms with Crippen molar-refractivity contribution in [2.24, 2.45) is 0 Å². The van der Waals surface area contributed by atoms with Crippen LogP contribution in [0.4, 0.5) is 4.79 Å². The summed E-state index contributed by atoms with van der Waals surface area (Å²) in [7, 11) is 0. The fourth-order valence-electron chi connectivity index (χ4n) is 5.28. The molecular formula is C37H38N4O4. The summed E-state index contributed by atoms with van der Waals surface area (Å²) >= 11 is 0. The largest absolute Gasteiger partial charge is 0.444 e. The Morgan fingerprint density at radius 3 is 1.69 bits per heavy atom. The number of nitrogens with one attached hydrogen (secondary N) is 2. The van der Waals surface area contributed by atoms with Gasteiger partial charge in [-0.15, -0.1) is 10.2 Å². The molecule has 45 heavy (non-hydrogen) atoms. The molecular weight excluding hydrogens is 564 g/mol. The van der Waals surface area contributed by atoms with Crippen molar-refractivity contribution in [1.82, 2.24) is 20.8 Å². The molecule has 230 valence electrons. The van der Waals surface area contributed by atoms with Crippen molar-refractivity contribution in [1.29, 1.82) is 0 Å². The van der Waals surface area contributed by atoms with Crippen LogP contribution in [-0.4, -0.2) is 27.8 Å². The number of rotatable bonds is 11. The molecule has 0 spiro atoms. The van der Waals surface area contributed by atoms with Crippen LogP contribution in [0.3, 0.4) is 0 Å². The number of amides is 2. The van der Waals surface area contributed by atoms with Crippen molar-refractivity contribution in [2.75, 3.05) is 0 Å². The fourth-order valence-corrected chi connectivity index (χ4v) is 5.28. The minimum atomic E-state index is -1.02. The van der Waals surface area contributed by atoms with Crippen LogP contribution < -0.4 is 10.6 Å². The highest BCUT2D eigenvalue weighted by Gasteiger charge is 2.39. The molecule has 0 unspecified atom stereocenters. The van der Waals surface area contributed by atoms with Crippen molar-refractivity contribution in [2.45, 2.75) is 57.2 Å². The van der Waals surface area contributed by atoms with Gasteiger partial charge >= 0.3 is 6.09 Å². The van der Waals surface area contributed by atoms with Gasteiger partial charge in [-0.25, -0.2) is 4.79 Å². The van der Waals surface area contributed by atoms with E-state index >= 15 is 0 Å². The molecule has 1 aromatic heterocycles. The third-order valence-corrected chi connectivity index (χ3v) is 7.28. The number of ether oxygens (including phenoxy) is 1. The van der Waals surface area contributed by atoms with Crippen molar-refractivity contribution >= 4 is 12.0 Å². The highest BCUT2D eigenvalue weighted by atomic mass is 16.6. The maximum Gasteiger partial charge on any atom is 0.408 e. The predicted molar refractivity (Wildman–Crippen MR) is 172 cm³/mol. The molecule has 0 bridgehead atoms. The summed E-state index contributed by atoms with van der Waals surface area (Å²) in [5, 5.41) is 14.6. The molecule has 4 aromatic carbocycles. The van der Waals surface area contributed by atoms with Gasteiger partial charge < -0.3 is 19.8 Å². The molecule has 0 radical (unpaired) electrons. The maximum atomic E-state index is 14.2. The smallest absolute Gasteiger partial charge is 0.408 e. The Hall–Kier alpha value is -5.24. The van der Waals surface area contributed by atoms with Crippen molar-refractivity contribution < 1.29 is 18.7 Å². The Kier molecular flexibility index (Phi) is 9.73. The van der Waals surface area contributed by atoms with Crippen LogP contribution in [0.25, 0.3) is 0 Å². The van der Waals surface area contributed by atoms with Gasteiger partial charge in [0.05, 0.1) is 6.42 Å². The van der Waals surface area contributed by atoms with Crippen LogP contribution >= 0.6 is 0 Å². The van der Waals surface area contributed by atoms with E-state index in [1.807, 2.05) is 121 Å². The molecule has 0 fully saturated rings. The number of carbonyl (C=O) groups is 2. The highest BCUT2D eigenvalue weighted by Crippen LogP contribution is 2.37. The second kappa shape index (κ2) is 14.0. The third-order valence-electron chi connectivity index (χ3n) is 7.28. The van der Waals surface area contributed by atoms with Crippen molar-refractivity contribution in [3.8, 4) is 0 Å². The van der Waals surface area contributed by atoms with E-state index in [1.165, 1.54) is 0 Å². The van der Waals surface area contributed by atoms with E-state index in [0.717, 1.165) is 22.3 Å². The van der Waals surface area contributed by atoms with E-state index in [9.17, 15) is 9.59 Å². The first-order chi connectivity index (χ1) is 21.7. The zero-order chi connectivity index (χ0) is 31.7. The average Bonchev–Trinajstić information content (AvgIpc) is 3.52. The lowest BCUT2D eigenvalue weighted by molar-refractivity contribution is -0.123. The van der Waals surface area contributed by atoms with E-state index in [0.29, 0.717) is 18.7 Å². The lowest BCUT2D eigenvalue weighted by Crippen LogP contribution is -2.49. The van der Waals surface area contributed by atoms with Crippen LogP contribution in [-0.2, 0) is 27.9 Å². The molecule has 8 heteroatoms. The lowest BCUT2D eigenvalue weighted by Gasteiger charge is -2.37. The normalized spacial score (nSPS) is 12.2. The first kappa shape index (κ1) is 31.2. The zero-order valence-electron chi connectivity index (χ0n) is 25.8. The molecule has 1 atom stereocenters.